The molecule has 0 atom stereocenters. The molecule has 7 heteroatoms. The van der Waals surface area contributed by atoms with Crippen LogP contribution in [-0.4, -0.2) is 14.1 Å². The zero-order chi connectivity index (χ0) is 15.9. The summed E-state index contributed by atoms with van der Waals surface area (Å²) in [5.41, 5.74) is 6.76. The lowest BCUT2D eigenvalue weighted by Gasteiger charge is -2.09. The van der Waals surface area contributed by atoms with Gasteiger partial charge in [0.15, 0.2) is 0 Å². The van der Waals surface area contributed by atoms with Crippen LogP contribution in [0.3, 0.4) is 0 Å². The standard InChI is InChI=1S/C15H14N4O2S/c1-18-12(16)11(14(20)19(2)15(18)21)10-8-22-13(17-10)9-6-4-3-5-7-9/h3-8H,16H2,1-2H3. The number of hydrogen-bond donors (Lipinski definition) is 1. The lowest BCUT2D eigenvalue weighted by Crippen LogP contribution is -2.39. The minimum atomic E-state index is -0.454. The van der Waals surface area contributed by atoms with Gasteiger partial charge in [-0.25, -0.2) is 9.78 Å². The molecule has 2 aromatic heterocycles. The third kappa shape index (κ3) is 2.15. The first-order valence-electron chi connectivity index (χ1n) is 6.57. The molecule has 0 unspecified atom stereocenters. The molecule has 2 heterocycles. The number of aromatic nitrogens is 3. The highest BCUT2D eigenvalue weighted by Crippen LogP contribution is 2.29. The van der Waals surface area contributed by atoms with E-state index in [-0.39, 0.29) is 11.4 Å². The van der Waals surface area contributed by atoms with Gasteiger partial charge in [0, 0.05) is 25.0 Å². The zero-order valence-corrected chi connectivity index (χ0v) is 12.9. The van der Waals surface area contributed by atoms with E-state index in [0.717, 1.165) is 15.1 Å². The maximum Gasteiger partial charge on any atom is 0.332 e. The predicted octanol–water partition coefficient (Wildman–Crippen LogP) is 1.46. The van der Waals surface area contributed by atoms with Gasteiger partial charge in [0.1, 0.15) is 16.4 Å². The van der Waals surface area contributed by atoms with Crippen molar-refractivity contribution < 1.29 is 0 Å². The highest BCUT2D eigenvalue weighted by molar-refractivity contribution is 7.13. The summed E-state index contributed by atoms with van der Waals surface area (Å²) in [4.78, 5) is 28.7. The van der Waals surface area contributed by atoms with E-state index < -0.39 is 11.2 Å². The molecule has 1 aromatic carbocycles. The molecule has 0 saturated heterocycles. The molecule has 0 aliphatic rings. The number of nitrogen functional groups attached to an aromatic ring is 1. The van der Waals surface area contributed by atoms with Crippen molar-refractivity contribution in [2.45, 2.75) is 0 Å². The van der Waals surface area contributed by atoms with Crippen LogP contribution in [0, 0.1) is 0 Å². The molecule has 0 fully saturated rings. The summed E-state index contributed by atoms with van der Waals surface area (Å²) in [6.45, 7) is 0. The van der Waals surface area contributed by atoms with Crippen LogP contribution in [0.4, 0.5) is 5.82 Å². The summed E-state index contributed by atoms with van der Waals surface area (Å²) in [5.74, 6) is 0.123. The molecule has 112 valence electrons. The van der Waals surface area contributed by atoms with Gasteiger partial charge in [-0.2, -0.15) is 0 Å². The van der Waals surface area contributed by atoms with Crippen molar-refractivity contribution in [3.05, 3.63) is 56.5 Å². The summed E-state index contributed by atoms with van der Waals surface area (Å²) < 4.78 is 2.28. The smallest absolute Gasteiger partial charge is 0.332 e. The van der Waals surface area contributed by atoms with Crippen molar-refractivity contribution in [3.8, 4) is 21.8 Å². The van der Waals surface area contributed by atoms with Crippen molar-refractivity contribution in [1.29, 1.82) is 0 Å². The molecule has 6 nitrogen and oxygen atoms in total. The molecule has 3 rings (SSSR count). The van der Waals surface area contributed by atoms with E-state index in [9.17, 15) is 9.59 Å². The number of anilines is 1. The van der Waals surface area contributed by atoms with E-state index in [0.29, 0.717) is 5.69 Å². The van der Waals surface area contributed by atoms with Gasteiger partial charge in [-0.1, -0.05) is 30.3 Å². The Kier molecular flexibility index (Phi) is 3.42. The molecular weight excluding hydrogens is 300 g/mol. The Bertz CT molecular complexity index is 954. The van der Waals surface area contributed by atoms with Gasteiger partial charge in [0.05, 0.1) is 5.69 Å². The fourth-order valence-corrected chi connectivity index (χ4v) is 3.02. The van der Waals surface area contributed by atoms with Crippen LogP contribution in [0.25, 0.3) is 21.8 Å². The Hall–Kier alpha value is -2.67. The number of rotatable bonds is 2. The summed E-state index contributed by atoms with van der Waals surface area (Å²) in [5, 5.41) is 2.57. The lowest BCUT2D eigenvalue weighted by atomic mass is 10.2. The lowest BCUT2D eigenvalue weighted by molar-refractivity contribution is 0.696. The van der Waals surface area contributed by atoms with Gasteiger partial charge in [-0.05, 0) is 0 Å². The van der Waals surface area contributed by atoms with Crippen molar-refractivity contribution >= 4 is 17.2 Å². The van der Waals surface area contributed by atoms with Gasteiger partial charge >= 0.3 is 5.69 Å². The first-order chi connectivity index (χ1) is 10.5. The highest BCUT2D eigenvalue weighted by Gasteiger charge is 2.18. The van der Waals surface area contributed by atoms with E-state index in [2.05, 4.69) is 4.98 Å². The number of benzene rings is 1. The van der Waals surface area contributed by atoms with Crippen molar-refractivity contribution in [3.63, 3.8) is 0 Å². The topological polar surface area (TPSA) is 82.9 Å². The predicted molar refractivity (Wildman–Crippen MR) is 87.9 cm³/mol. The second-order valence-electron chi connectivity index (χ2n) is 4.87. The number of thiazole rings is 1. The average molecular weight is 314 g/mol. The largest absolute Gasteiger partial charge is 0.384 e. The van der Waals surface area contributed by atoms with Crippen molar-refractivity contribution in [2.24, 2.45) is 14.1 Å². The normalized spacial score (nSPS) is 10.8. The van der Waals surface area contributed by atoms with Crippen LogP contribution in [0.2, 0.25) is 0 Å². The molecule has 0 bridgehead atoms. The third-order valence-electron chi connectivity index (χ3n) is 3.49. The van der Waals surface area contributed by atoms with Crippen molar-refractivity contribution in [1.82, 2.24) is 14.1 Å². The molecular formula is C15H14N4O2S. The molecule has 22 heavy (non-hydrogen) atoms. The molecule has 0 amide bonds. The van der Waals surface area contributed by atoms with Gasteiger partial charge in [0.2, 0.25) is 0 Å². The quantitative estimate of drug-likeness (QED) is 0.776. The second kappa shape index (κ2) is 5.27. The van der Waals surface area contributed by atoms with Crippen LogP contribution in [0.15, 0.2) is 45.3 Å². The number of nitrogens with zero attached hydrogens (tertiary/aromatic N) is 3. The van der Waals surface area contributed by atoms with E-state index >= 15 is 0 Å². The summed E-state index contributed by atoms with van der Waals surface area (Å²) in [6, 6.07) is 9.68. The Morgan fingerprint density at radius 2 is 1.77 bits per heavy atom. The molecule has 3 aromatic rings. The van der Waals surface area contributed by atoms with Crippen LogP contribution >= 0.6 is 11.3 Å². The first kappa shape index (κ1) is 14.3. The summed E-state index contributed by atoms with van der Waals surface area (Å²) >= 11 is 1.43. The van der Waals surface area contributed by atoms with E-state index in [4.69, 9.17) is 5.73 Å². The number of nitrogens with two attached hydrogens (primary N) is 1. The van der Waals surface area contributed by atoms with Crippen LogP contribution in [-0.2, 0) is 14.1 Å². The van der Waals surface area contributed by atoms with Gasteiger partial charge < -0.3 is 5.73 Å². The Morgan fingerprint density at radius 3 is 2.45 bits per heavy atom. The monoisotopic (exact) mass is 314 g/mol. The minimum absolute atomic E-state index is 0.123. The maximum atomic E-state index is 12.3. The van der Waals surface area contributed by atoms with Crippen molar-refractivity contribution in [2.75, 3.05) is 5.73 Å². The molecule has 0 saturated carbocycles. The first-order valence-corrected chi connectivity index (χ1v) is 7.45. The zero-order valence-electron chi connectivity index (χ0n) is 12.1. The molecule has 0 aliphatic heterocycles. The van der Waals surface area contributed by atoms with Gasteiger partial charge in [0.25, 0.3) is 5.56 Å². The fraction of sp³-hybridized carbons (Fsp3) is 0.133. The molecule has 2 N–H and O–H groups in total. The third-order valence-corrected chi connectivity index (χ3v) is 4.38. The summed E-state index contributed by atoms with van der Waals surface area (Å²) in [6.07, 6.45) is 0. The maximum absolute atomic E-state index is 12.3. The van der Waals surface area contributed by atoms with Gasteiger partial charge in [-0.3, -0.25) is 13.9 Å². The van der Waals surface area contributed by atoms with E-state index in [1.807, 2.05) is 30.3 Å². The Morgan fingerprint density at radius 1 is 1.09 bits per heavy atom. The SMILES string of the molecule is Cn1c(N)c(-c2csc(-c3ccccc3)n2)c(=O)n(C)c1=O. The Balaban J connectivity index is 2.21. The van der Waals surface area contributed by atoms with E-state index in [1.165, 1.54) is 30.0 Å². The Labute approximate surface area is 130 Å². The van der Waals surface area contributed by atoms with Gasteiger partial charge in [-0.15, -0.1) is 11.3 Å². The molecule has 0 radical (unpaired) electrons. The highest BCUT2D eigenvalue weighted by atomic mass is 32.1. The van der Waals surface area contributed by atoms with Crippen LogP contribution < -0.4 is 17.0 Å². The minimum Gasteiger partial charge on any atom is -0.384 e. The fourth-order valence-electron chi connectivity index (χ4n) is 2.20. The summed E-state index contributed by atoms with van der Waals surface area (Å²) in [7, 11) is 2.96. The average Bonchev–Trinajstić information content (AvgIpc) is 3.02. The molecule has 0 aliphatic carbocycles. The van der Waals surface area contributed by atoms with Crippen LogP contribution in [0.1, 0.15) is 0 Å². The van der Waals surface area contributed by atoms with Crippen LogP contribution in [0.5, 0.6) is 0 Å². The number of hydrogen-bond acceptors (Lipinski definition) is 5. The van der Waals surface area contributed by atoms with E-state index in [1.54, 1.807) is 5.38 Å². The second-order valence-corrected chi connectivity index (χ2v) is 5.73. The molecule has 0 spiro atoms.